The molecule has 0 aromatic heterocycles. The van der Waals surface area contributed by atoms with E-state index in [4.69, 9.17) is 9.84 Å². The largest absolute Gasteiger partial charge is 0.481 e. The minimum atomic E-state index is -0.794. The Bertz CT molecular complexity index is 213. The number of carbonyl (C=O) groups excluding carboxylic acids is 1. The van der Waals surface area contributed by atoms with Gasteiger partial charge in [0.15, 0.2) is 0 Å². The molecule has 0 rings (SSSR count). The van der Waals surface area contributed by atoms with Gasteiger partial charge in [0.05, 0.1) is 27.1 Å². The summed E-state index contributed by atoms with van der Waals surface area (Å²) in [5.74, 6) is -1.10. The standard InChI is InChI=1S/C9H17NO4/c1-8(11)14-7-10(2,3)6-4-5-9(12)13/h4-7H2,1-3H3/p+1. The number of quaternary nitrogens is 1. The summed E-state index contributed by atoms with van der Waals surface area (Å²) in [4.78, 5) is 20.8. The number of carboxylic acid groups (broad SMARTS) is 1. The number of rotatable bonds is 6. The Labute approximate surface area is 83.9 Å². The summed E-state index contributed by atoms with van der Waals surface area (Å²) >= 11 is 0. The molecule has 0 unspecified atom stereocenters. The lowest BCUT2D eigenvalue weighted by atomic mass is 10.3. The van der Waals surface area contributed by atoms with E-state index >= 15 is 0 Å². The van der Waals surface area contributed by atoms with Crippen molar-refractivity contribution in [2.45, 2.75) is 19.8 Å². The smallest absolute Gasteiger partial charge is 0.306 e. The predicted molar refractivity (Wildman–Crippen MR) is 50.5 cm³/mol. The fourth-order valence-electron chi connectivity index (χ4n) is 0.989. The van der Waals surface area contributed by atoms with Gasteiger partial charge in [0.2, 0.25) is 6.73 Å². The molecule has 0 atom stereocenters. The molecule has 0 aliphatic carbocycles. The highest BCUT2D eigenvalue weighted by molar-refractivity contribution is 5.66. The fraction of sp³-hybridized carbons (Fsp3) is 0.778. The second-order valence-corrected chi connectivity index (χ2v) is 3.92. The lowest BCUT2D eigenvalue weighted by Gasteiger charge is -2.28. The number of carboxylic acids is 1. The first-order valence-corrected chi connectivity index (χ1v) is 4.51. The van der Waals surface area contributed by atoms with Crippen LogP contribution in [0.15, 0.2) is 0 Å². The Kier molecular flexibility index (Phi) is 5.15. The maximum atomic E-state index is 10.5. The number of carbonyl (C=O) groups is 2. The maximum absolute atomic E-state index is 10.5. The Hall–Kier alpha value is -1.10. The molecule has 0 bridgehead atoms. The van der Waals surface area contributed by atoms with Crippen LogP contribution in [-0.4, -0.2) is 48.9 Å². The van der Waals surface area contributed by atoms with Crippen molar-refractivity contribution in [1.29, 1.82) is 0 Å². The van der Waals surface area contributed by atoms with Crippen molar-refractivity contribution in [2.75, 3.05) is 27.4 Å². The molecule has 14 heavy (non-hydrogen) atoms. The van der Waals surface area contributed by atoms with Crippen LogP contribution in [0.3, 0.4) is 0 Å². The highest BCUT2D eigenvalue weighted by Crippen LogP contribution is 2.02. The molecule has 0 heterocycles. The molecule has 0 aliphatic rings. The van der Waals surface area contributed by atoms with Gasteiger partial charge in [-0.15, -0.1) is 0 Å². The van der Waals surface area contributed by atoms with Gasteiger partial charge in [-0.2, -0.15) is 0 Å². The minimum absolute atomic E-state index is 0.155. The molecular formula is C9H18NO4+. The SMILES string of the molecule is CC(=O)OC[N+](C)(C)CCCC(=O)O. The molecule has 5 heteroatoms. The molecule has 5 nitrogen and oxygen atoms in total. The summed E-state index contributed by atoms with van der Waals surface area (Å²) in [6.45, 7) is 2.33. The van der Waals surface area contributed by atoms with E-state index in [9.17, 15) is 9.59 Å². The van der Waals surface area contributed by atoms with Crippen molar-refractivity contribution >= 4 is 11.9 Å². The molecule has 0 aliphatic heterocycles. The van der Waals surface area contributed by atoms with Crippen molar-refractivity contribution in [3.63, 3.8) is 0 Å². The van der Waals surface area contributed by atoms with E-state index in [1.807, 2.05) is 14.1 Å². The van der Waals surface area contributed by atoms with Crippen LogP contribution in [0.1, 0.15) is 19.8 Å². The molecule has 0 amide bonds. The first kappa shape index (κ1) is 12.9. The monoisotopic (exact) mass is 204 g/mol. The van der Waals surface area contributed by atoms with Crippen molar-refractivity contribution in [2.24, 2.45) is 0 Å². The lowest BCUT2D eigenvalue weighted by Crippen LogP contribution is -2.43. The van der Waals surface area contributed by atoms with Gasteiger partial charge in [-0.1, -0.05) is 0 Å². The number of nitrogens with zero attached hydrogens (tertiary/aromatic N) is 1. The molecule has 0 fully saturated rings. The fourth-order valence-corrected chi connectivity index (χ4v) is 0.989. The van der Waals surface area contributed by atoms with E-state index in [-0.39, 0.29) is 19.1 Å². The third-order valence-corrected chi connectivity index (χ3v) is 1.77. The second kappa shape index (κ2) is 5.59. The number of hydrogen-bond acceptors (Lipinski definition) is 3. The second-order valence-electron chi connectivity index (χ2n) is 3.92. The lowest BCUT2D eigenvalue weighted by molar-refractivity contribution is -0.907. The molecule has 1 N–H and O–H groups in total. The highest BCUT2D eigenvalue weighted by atomic mass is 16.5. The molecule has 82 valence electrons. The van der Waals surface area contributed by atoms with Gasteiger partial charge in [-0.05, 0) is 0 Å². The van der Waals surface area contributed by atoms with Crippen LogP contribution in [0.5, 0.6) is 0 Å². The summed E-state index contributed by atoms with van der Waals surface area (Å²) in [5, 5.41) is 8.44. The Balaban J connectivity index is 3.71. The highest BCUT2D eigenvalue weighted by Gasteiger charge is 2.16. The summed E-state index contributed by atoms with van der Waals surface area (Å²) < 4.78 is 5.34. The van der Waals surface area contributed by atoms with Crippen LogP contribution >= 0.6 is 0 Å². The van der Waals surface area contributed by atoms with Crippen molar-refractivity contribution in [3.05, 3.63) is 0 Å². The summed E-state index contributed by atoms with van der Waals surface area (Å²) in [6, 6.07) is 0. The van der Waals surface area contributed by atoms with Gasteiger partial charge in [-0.3, -0.25) is 14.1 Å². The van der Waals surface area contributed by atoms with E-state index in [2.05, 4.69) is 0 Å². The van der Waals surface area contributed by atoms with Gasteiger partial charge in [0, 0.05) is 13.3 Å². The zero-order valence-corrected chi connectivity index (χ0v) is 8.95. The normalized spacial score (nSPS) is 11.1. The van der Waals surface area contributed by atoms with Crippen LogP contribution in [0.2, 0.25) is 0 Å². The average molecular weight is 204 g/mol. The summed E-state index contributed by atoms with van der Waals surface area (Å²) in [5.41, 5.74) is 0. The zero-order valence-electron chi connectivity index (χ0n) is 8.95. The van der Waals surface area contributed by atoms with Crippen LogP contribution < -0.4 is 0 Å². The van der Waals surface area contributed by atoms with Gasteiger partial charge >= 0.3 is 11.9 Å². The van der Waals surface area contributed by atoms with Crippen molar-refractivity contribution in [1.82, 2.24) is 0 Å². The number of aliphatic carboxylic acids is 1. The minimum Gasteiger partial charge on any atom is -0.481 e. The molecular weight excluding hydrogens is 186 g/mol. The van der Waals surface area contributed by atoms with Crippen molar-refractivity contribution < 1.29 is 23.9 Å². The summed E-state index contributed by atoms with van der Waals surface area (Å²) in [7, 11) is 3.79. The molecule has 0 aromatic carbocycles. The Morgan fingerprint density at radius 1 is 1.36 bits per heavy atom. The van der Waals surface area contributed by atoms with Gasteiger partial charge in [0.25, 0.3) is 0 Å². The predicted octanol–water partition coefficient (Wildman–Crippen LogP) is 0.448. The van der Waals surface area contributed by atoms with E-state index in [0.29, 0.717) is 17.4 Å². The zero-order chi connectivity index (χ0) is 11.2. The average Bonchev–Trinajstić information content (AvgIpc) is 2.00. The summed E-state index contributed by atoms with van der Waals surface area (Å²) in [6.07, 6.45) is 0.741. The number of ether oxygens (including phenoxy) is 1. The quantitative estimate of drug-likeness (QED) is 0.387. The molecule has 0 spiro atoms. The first-order chi connectivity index (χ1) is 6.33. The third-order valence-electron chi connectivity index (χ3n) is 1.77. The van der Waals surface area contributed by atoms with Crippen LogP contribution in [0, 0.1) is 0 Å². The number of esters is 1. The van der Waals surface area contributed by atoms with Gasteiger partial charge < -0.3 is 9.84 Å². The van der Waals surface area contributed by atoms with E-state index < -0.39 is 5.97 Å². The maximum Gasteiger partial charge on any atom is 0.306 e. The Morgan fingerprint density at radius 2 is 1.93 bits per heavy atom. The van der Waals surface area contributed by atoms with Gasteiger partial charge in [-0.25, -0.2) is 0 Å². The van der Waals surface area contributed by atoms with E-state index in [0.717, 1.165) is 0 Å². The molecule has 0 radical (unpaired) electrons. The van der Waals surface area contributed by atoms with E-state index in [1.165, 1.54) is 6.92 Å². The Morgan fingerprint density at radius 3 is 2.36 bits per heavy atom. The molecule has 0 saturated heterocycles. The topological polar surface area (TPSA) is 63.6 Å². The van der Waals surface area contributed by atoms with Crippen molar-refractivity contribution in [3.8, 4) is 0 Å². The number of hydrogen-bond donors (Lipinski definition) is 1. The van der Waals surface area contributed by atoms with Gasteiger partial charge in [0.1, 0.15) is 0 Å². The molecule has 0 aromatic rings. The third kappa shape index (κ3) is 7.54. The van der Waals surface area contributed by atoms with Crippen LogP contribution in [0.25, 0.3) is 0 Å². The molecule has 0 saturated carbocycles. The van der Waals surface area contributed by atoms with E-state index in [1.54, 1.807) is 0 Å². The van der Waals surface area contributed by atoms with Crippen LogP contribution in [-0.2, 0) is 14.3 Å². The first-order valence-electron chi connectivity index (χ1n) is 4.51. The van der Waals surface area contributed by atoms with Crippen LogP contribution in [0.4, 0.5) is 0 Å².